The minimum absolute atomic E-state index is 0.0432. The Morgan fingerprint density at radius 1 is 0.840 bits per heavy atom. The number of carbonyl (C=O) groups is 3. The molecule has 0 aliphatic rings. The van der Waals surface area contributed by atoms with Gasteiger partial charge < -0.3 is 16.0 Å². The van der Waals surface area contributed by atoms with Crippen molar-refractivity contribution in [2.24, 2.45) is 0 Å². The summed E-state index contributed by atoms with van der Waals surface area (Å²) < 4.78 is 13.9. The topological polar surface area (TPSA) is 87.3 Å². The van der Waals surface area contributed by atoms with Gasteiger partial charge >= 0.3 is 0 Å². The monoisotopic (exact) mass is 343 g/mol. The molecule has 2 aromatic carbocycles. The van der Waals surface area contributed by atoms with Gasteiger partial charge in [-0.2, -0.15) is 0 Å². The molecule has 0 aromatic heterocycles. The summed E-state index contributed by atoms with van der Waals surface area (Å²) in [6, 6.07) is 8.85. The first-order chi connectivity index (χ1) is 11.7. The number of hydrogen-bond acceptors (Lipinski definition) is 3. The van der Waals surface area contributed by atoms with Crippen molar-refractivity contribution in [3.8, 4) is 0 Å². The predicted octanol–water partition coefficient (Wildman–Crippen LogP) is 3.30. The number of hydrogen-bond donors (Lipinski definition) is 3. The highest BCUT2D eigenvalue weighted by Crippen LogP contribution is 2.22. The minimum atomic E-state index is -0.568. The number of amides is 3. The van der Waals surface area contributed by atoms with Gasteiger partial charge in [0.25, 0.3) is 5.91 Å². The van der Waals surface area contributed by atoms with Gasteiger partial charge in [-0.05, 0) is 42.8 Å². The highest BCUT2D eigenvalue weighted by atomic mass is 19.1. The fourth-order valence-electron chi connectivity index (χ4n) is 2.23. The zero-order valence-electron chi connectivity index (χ0n) is 14.1. The fraction of sp³-hybridized carbons (Fsp3) is 0.167. The van der Waals surface area contributed by atoms with Crippen molar-refractivity contribution in [1.82, 2.24) is 0 Å². The van der Waals surface area contributed by atoms with Crippen molar-refractivity contribution >= 4 is 34.8 Å². The molecule has 2 aromatic rings. The average molecular weight is 343 g/mol. The molecular formula is C18H18FN3O3. The van der Waals surface area contributed by atoms with Crippen LogP contribution >= 0.6 is 0 Å². The van der Waals surface area contributed by atoms with E-state index in [9.17, 15) is 18.8 Å². The summed E-state index contributed by atoms with van der Waals surface area (Å²) in [5.41, 5.74) is 1.62. The number of anilines is 3. The normalized spacial score (nSPS) is 10.1. The molecule has 3 amide bonds. The van der Waals surface area contributed by atoms with Crippen molar-refractivity contribution < 1.29 is 18.8 Å². The van der Waals surface area contributed by atoms with E-state index in [0.717, 1.165) is 5.56 Å². The molecule has 0 unspecified atom stereocenters. The Hall–Kier alpha value is -3.22. The Labute approximate surface area is 144 Å². The van der Waals surface area contributed by atoms with Crippen LogP contribution in [0.4, 0.5) is 21.5 Å². The first-order valence-electron chi connectivity index (χ1n) is 7.52. The molecule has 0 saturated carbocycles. The van der Waals surface area contributed by atoms with Crippen LogP contribution in [-0.4, -0.2) is 17.7 Å². The summed E-state index contributed by atoms with van der Waals surface area (Å²) in [5.74, 6) is -1.76. The highest BCUT2D eigenvalue weighted by molar-refractivity contribution is 6.06. The Bertz CT molecular complexity index is 815. The van der Waals surface area contributed by atoms with Crippen LogP contribution in [0.3, 0.4) is 0 Å². The van der Waals surface area contributed by atoms with Crippen LogP contribution in [0.5, 0.6) is 0 Å². The van der Waals surface area contributed by atoms with E-state index in [1.54, 1.807) is 13.0 Å². The number of carbonyl (C=O) groups excluding carboxylic acids is 3. The summed E-state index contributed by atoms with van der Waals surface area (Å²) in [6.07, 6.45) is 0. The van der Waals surface area contributed by atoms with Gasteiger partial charge in [-0.25, -0.2) is 4.39 Å². The van der Waals surface area contributed by atoms with Crippen LogP contribution in [-0.2, 0) is 9.59 Å². The van der Waals surface area contributed by atoms with Crippen molar-refractivity contribution in [3.63, 3.8) is 0 Å². The Balaban J connectivity index is 2.33. The Morgan fingerprint density at radius 2 is 1.40 bits per heavy atom. The van der Waals surface area contributed by atoms with Gasteiger partial charge in [0.2, 0.25) is 11.8 Å². The molecule has 0 atom stereocenters. The van der Waals surface area contributed by atoms with E-state index in [-0.39, 0.29) is 23.1 Å². The van der Waals surface area contributed by atoms with Gasteiger partial charge in [-0.1, -0.05) is 6.07 Å². The third-order valence-corrected chi connectivity index (χ3v) is 3.21. The van der Waals surface area contributed by atoms with E-state index in [2.05, 4.69) is 16.0 Å². The van der Waals surface area contributed by atoms with Crippen LogP contribution in [0.15, 0.2) is 36.4 Å². The molecule has 7 heteroatoms. The van der Waals surface area contributed by atoms with Crippen molar-refractivity contribution in [1.29, 1.82) is 0 Å². The molecule has 25 heavy (non-hydrogen) atoms. The molecule has 130 valence electrons. The first kappa shape index (κ1) is 18.1. The zero-order valence-corrected chi connectivity index (χ0v) is 14.1. The molecule has 6 nitrogen and oxygen atoms in total. The second-order valence-electron chi connectivity index (χ2n) is 5.60. The van der Waals surface area contributed by atoms with E-state index < -0.39 is 11.7 Å². The number of rotatable bonds is 4. The van der Waals surface area contributed by atoms with Crippen LogP contribution in [0.2, 0.25) is 0 Å². The van der Waals surface area contributed by atoms with E-state index >= 15 is 0 Å². The van der Waals surface area contributed by atoms with Gasteiger partial charge in [0, 0.05) is 30.8 Å². The quantitative estimate of drug-likeness (QED) is 0.796. The molecule has 0 heterocycles. The molecule has 0 radical (unpaired) electrons. The standard InChI is InChI=1S/C18H18FN3O3/c1-10-4-5-17(16(19)6-10)22-18(25)13-7-14(20-11(2)23)9-15(8-13)21-12(3)24/h4-9H,1-3H3,(H,20,23)(H,21,24)(H,22,25). The van der Waals surface area contributed by atoms with E-state index in [1.165, 1.54) is 44.2 Å². The van der Waals surface area contributed by atoms with Crippen LogP contribution < -0.4 is 16.0 Å². The lowest BCUT2D eigenvalue weighted by atomic mass is 10.1. The molecule has 0 spiro atoms. The van der Waals surface area contributed by atoms with Crippen LogP contribution in [0.25, 0.3) is 0 Å². The summed E-state index contributed by atoms with van der Waals surface area (Å²) in [6.45, 7) is 4.39. The molecule has 0 aliphatic heterocycles. The third kappa shape index (κ3) is 5.13. The zero-order chi connectivity index (χ0) is 18.6. The molecule has 0 fully saturated rings. The Kier molecular flexibility index (Phi) is 5.49. The molecule has 2 rings (SSSR count). The van der Waals surface area contributed by atoms with E-state index in [4.69, 9.17) is 0 Å². The van der Waals surface area contributed by atoms with Gasteiger partial charge in [-0.3, -0.25) is 14.4 Å². The first-order valence-corrected chi connectivity index (χ1v) is 7.52. The van der Waals surface area contributed by atoms with Gasteiger partial charge in [0.05, 0.1) is 5.69 Å². The summed E-state index contributed by atoms with van der Waals surface area (Å²) >= 11 is 0. The predicted molar refractivity (Wildman–Crippen MR) is 94.1 cm³/mol. The maximum atomic E-state index is 13.9. The second-order valence-corrected chi connectivity index (χ2v) is 5.60. The number of aryl methyl sites for hydroxylation is 1. The average Bonchev–Trinajstić information content (AvgIpc) is 2.48. The SMILES string of the molecule is CC(=O)Nc1cc(NC(C)=O)cc(C(=O)Nc2ccc(C)cc2F)c1. The largest absolute Gasteiger partial charge is 0.326 e. The molecule has 0 saturated heterocycles. The molecule has 3 N–H and O–H groups in total. The number of benzene rings is 2. The summed E-state index contributed by atoms with van der Waals surface area (Å²) in [7, 11) is 0. The Morgan fingerprint density at radius 3 is 1.88 bits per heavy atom. The maximum Gasteiger partial charge on any atom is 0.255 e. The minimum Gasteiger partial charge on any atom is -0.326 e. The number of nitrogens with one attached hydrogen (secondary N) is 3. The van der Waals surface area contributed by atoms with Crippen molar-refractivity contribution in [2.75, 3.05) is 16.0 Å². The smallest absolute Gasteiger partial charge is 0.255 e. The third-order valence-electron chi connectivity index (χ3n) is 3.21. The molecule has 0 aliphatic carbocycles. The van der Waals surface area contributed by atoms with Crippen LogP contribution in [0, 0.1) is 12.7 Å². The lowest BCUT2D eigenvalue weighted by molar-refractivity contribution is -0.115. The van der Waals surface area contributed by atoms with Gasteiger partial charge in [-0.15, -0.1) is 0 Å². The van der Waals surface area contributed by atoms with Crippen molar-refractivity contribution in [2.45, 2.75) is 20.8 Å². The fourth-order valence-corrected chi connectivity index (χ4v) is 2.23. The van der Waals surface area contributed by atoms with Gasteiger partial charge in [0.15, 0.2) is 0 Å². The van der Waals surface area contributed by atoms with E-state index in [0.29, 0.717) is 11.4 Å². The number of halogens is 1. The lowest BCUT2D eigenvalue weighted by Gasteiger charge is -2.11. The van der Waals surface area contributed by atoms with Gasteiger partial charge in [0.1, 0.15) is 5.82 Å². The lowest BCUT2D eigenvalue weighted by Crippen LogP contribution is -2.15. The maximum absolute atomic E-state index is 13.9. The van der Waals surface area contributed by atoms with Crippen molar-refractivity contribution in [3.05, 3.63) is 53.3 Å². The summed E-state index contributed by atoms with van der Waals surface area (Å²) in [5, 5.41) is 7.58. The molecular weight excluding hydrogens is 325 g/mol. The van der Waals surface area contributed by atoms with Crippen LogP contribution in [0.1, 0.15) is 29.8 Å². The second kappa shape index (κ2) is 7.57. The molecule has 0 bridgehead atoms. The highest BCUT2D eigenvalue weighted by Gasteiger charge is 2.13. The summed E-state index contributed by atoms with van der Waals surface area (Å²) in [4.78, 5) is 34.9. The van der Waals surface area contributed by atoms with E-state index in [1.807, 2.05) is 0 Å².